The molecule has 3 N–H and O–H groups in total. The fourth-order valence-corrected chi connectivity index (χ4v) is 4.21. The minimum Gasteiger partial charge on any atom is -0.338 e. The van der Waals surface area contributed by atoms with Crippen LogP contribution in [-0.4, -0.2) is 43.0 Å². The molecule has 166 valence electrons. The van der Waals surface area contributed by atoms with Gasteiger partial charge in [0, 0.05) is 18.8 Å². The smallest absolute Gasteiger partial charge is 0.315 e. The maximum atomic E-state index is 12.2. The number of rotatable bonds is 7. The molecule has 0 radical (unpaired) electrons. The SMILES string of the molecule is Cc1cc(C)c(NC(=O)CNC(=O)NCC2CCN(Cc3ccccc3)CC2)c(C)c1. The molecular formula is C25H34N4O2. The van der Waals surface area contributed by atoms with Crippen molar-refractivity contribution in [1.29, 1.82) is 0 Å². The van der Waals surface area contributed by atoms with E-state index >= 15 is 0 Å². The second-order valence-corrected chi connectivity index (χ2v) is 8.59. The van der Waals surface area contributed by atoms with E-state index in [1.54, 1.807) is 0 Å². The molecule has 0 atom stereocenters. The lowest BCUT2D eigenvalue weighted by atomic mass is 9.96. The summed E-state index contributed by atoms with van der Waals surface area (Å²) in [6, 6.07) is 14.3. The first-order valence-electron chi connectivity index (χ1n) is 11.1. The summed E-state index contributed by atoms with van der Waals surface area (Å²) in [7, 11) is 0. The highest BCUT2D eigenvalue weighted by molar-refractivity contribution is 5.95. The number of benzene rings is 2. The molecule has 1 saturated heterocycles. The van der Waals surface area contributed by atoms with Crippen LogP contribution in [0.4, 0.5) is 10.5 Å². The lowest BCUT2D eigenvalue weighted by Gasteiger charge is -2.32. The van der Waals surface area contributed by atoms with Crippen molar-refractivity contribution >= 4 is 17.6 Å². The number of carbonyl (C=O) groups excluding carboxylic acids is 2. The molecule has 1 aliphatic rings. The Balaban J connectivity index is 1.33. The van der Waals surface area contributed by atoms with Crippen molar-refractivity contribution in [2.24, 2.45) is 5.92 Å². The summed E-state index contributed by atoms with van der Waals surface area (Å²) < 4.78 is 0. The Morgan fingerprint density at radius 3 is 2.26 bits per heavy atom. The molecule has 0 bridgehead atoms. The van der Waals surface area contributed by atoms with Gasteiger partial charge in [0.05, 0.1) is 6.54 Å². The van der Waals surface area contributed by atoms with Gasteiger partial charge in [0.25, 0.3) is 0 Å². The molecule has 31 heavy (non-hydrogen) atoms. The van der Waals surface area contributed by atoms with E-state index in [2.05, 4.69) is 45.1 Å². The predicted octanol–water partition coefficient (Wildman–Crippen LogP) is 3.76. The summed E-state index contributed by atoms with van der Waals surface area (Å²) >= 11 is 0. The number of hydrogen-bond donors (Lipinski definition) is 3. The van der Waals surface area contributed by atoms with Crippen LogP contribution in [0.25, 0.3) is 0 Å². The van der Waals surface area contributed by atoms with E-state index in [0.29, 0.717) is 12.5 Å². The zero-order valence-corrected chi connectivity index (χ0v) is 18.8. The minimum absolute atomic E-state index is 0.0475. The van der Waals surface area contributed by atoms with Gasteiger partial charge in [-0.05, 0) is 69.3 Å². The lowest BCUT2D eigenvalue weighted by molar-refractivity contribution is -0.115. The van der Waals surface area contributed by atoms with Crippen molar-refractivity contribution in [1.82, 2.24) is 15.5 Å². The van der Waals surface area contributed by atoms with Crippen LogP contribution in [0.3, 0.4) is 0 Å². The zero-order valence-electron chi connectivity index (χ0n) is 18.8. The topological polar surface area (TPSA) is 73.5 Å². The monoisotopic (exact) mass is 422 g/mol. The molecule has 3 rings (SSSR count). The van der Waals surface area contributed by atoms with Gasteiger partial charge >= 0.3 is 6.03 Å². The van der Waals surface area contributed by atoms with Crippen LogP contribution in [0.1, 0.15) is 35.1 Å². The van der Waals surface area contributed by atoms with Crippen LogP contribution < -0.4 is 16.0 Å². The van der Waals surface area contributed by atoms with E-state index in [4.69, 9.17) is 0 Å². The highest BCUT2D eigenvalue weighted by Crippen LogP contribution is 2.21. The predicted molar refractivity (Wildman–Crippen MR) is 125 cm³/mol. The van der Waals surface area contributed by atoms with Crippen molar-refractivity contribution in [3.8, 4) is 0 Å². The first-order valence-corrected chi connectivity index (χ1v) is 11.1. The average Bonchev–Trinajstić information content (AvgIpc) is 2.75. The molecule has 0 aliphatic carbocycles. The van der Waals surface area contributed by atoms with Gasteiger partial charge in [0.2, 0.25) is 5.91 Å². The van der Waals surface area contributed by atoms with Gasteiger partial charge in [0.1, 0.15) is 0 Å². The molecule has 3 amide bonds. The van der Waals surface area contributed by atoms with Crippen LogP contribution in [0.15, 0.2) is 42.5 Å². The van der Waals surface area contributed by atoms with Crippen molar-refractivity contribution in [3.05, 3.63) is 64.7 Å². The van der Waals surface area contributed by atoms with E-state index in [9.17, 15) is 9.59 Å². The fourth-order valence-electron chi connectivity index (χ4n) is 4.21. The molecule has 0 spiro atoms. The third-order valence-electron chi connectivity index (χ3n) is 5.86. The Bertz CT molecular complexity index is 867. The van der Waals surface area contributed by atoms with Crippen molar-refractivity contribution in [3.63, 3.8) is 0 Å². The van der Waals surface area contributed by atoms with Crippen molar-refractivity contribution in [2.75, 3.05) is 31.5 Å². The van der Waals surface area contributed by atoms with E-state index < -0.39 is 0 Å². The van der Waals surface area contributed by atoms with Gasteiger partial charge in [-0.15, -0.1) is 0 Å². The van der Waals surface area contributed by atoms with E-state index in [0.717, 1.165) is 54.9 Å². The van der Waals surface area contributed by atoms with Crippen molar-refractivity contribution in [2.45, 2.75) is 40.2 Å². The van der Waals surface area contributed by atoms with Crippen LogP contribution in [0.5, 0.6) is 0 Å². The van der Waals surface area contributed by atoms with Crippen LogP contribution in [-0.2, 0) is 11.3 Å². The summed E-state index contributed by atoms with van der Waals surface area (Å²) in [5, 5.41) is 8.48. The number of carbonyl (C=O) groups is 2. The Hall–Kier alpha value is -2.86. The van der Waals surface area contributed by atoms with Gasteiger partial charge in [0.15, 0.2) is 0 Å². The molecule has 6 heteroatoms. The van der Waals surface area contributed by atoms with Gasteiger partial charge in [-0.2, -0.15) is 0 Å². The summed E-state index contributed by atoms with van der Waals surface area (Å²) in [4.78, 5) is 26.8. The van der Waals surface area contributed by atoms with Crippen LogP contribution >= 0.6 is 0 Å². The molecule has 0 aromatic heterocycles. The largest absolute Gasteiger partial charge is 0.338 e. The number of hydrogen-bond acceptors (Lipinski definition) is 3. The maximum absolute atomic E-state index is 12.2. The van der Waals surface area contributed by atoms with Gasteiger partial charge < -0.3 is 16.0 Å². The first-order chi connectivity index (χ1) is 14.9. The number of piperidine rings is 1. The number of amides is 3. The Morgan fingerprint density at radius 2 is 1.61 bits per heavy atom. The molecule has 6 nitrogen and oxygen atoms in total. The number of nitrogens with one attached hydrogen (secondary N) is 3. The second-order valence-electron chi connectivity index (χ2n) is 8.59. The number of likely N-dealkylation sites (tertiary alicyclic amines) is 1. The van der Waals surface area contributed by atoms with Crippen molar-refractivity contribution < 1.29 is 9.59 Å². The molecule has 2 aromatic carbocycles. The van der Waals surface area contributed by atoms with Gasteiger partial charge in [-0.25, -0.2) is 4.79 Å². The van der Waals surface area contributed by atoms with E-state index in [-0.39, 0.29) is 18.5 Å². The minimum atomic E-state index is -0.292. The standard InChI is InChI=1S/C25H34N4O2/c1-18-13-19(2)24(20(3)14-18)28-23(30)16-27-25(31)26-15-21-9-11-29(12-10-21)17-22-7-5-4-6-8-22/h4-8,13-14,21H,9-12,15-17H2,1-3H3,(H,28,30)(H2,26,27,31). The van der Waals surface area contributed by atoms with Crippen LogP contribution in [0.2, 0.25) is 0 Å². The van der Waals surface area contributed by atoms with Gasteiger partial charge in [-0.3, -0.25) is 9.69 Å². The van der Waals surface area contributed by atoms with E-state index in [1.165, 1.54) is 5.56 Å². The molecule has 0 unspecified atom stereocenters. The molecule has 2 aromatic rings. The number of nitrogens with zero attached hydrogens (tertiary/aromatic N) is 1. The summed E-state index contributed by atoms with van der Waals surface area (Å²) in [5.74, 6) is 0.254. The summed E-state index contributed by atoms with van der Waals surface area (Å²) in [5.41, 5.74) is 5.37. The quantitative estimate of drug-likeness (QED) is 0.636. The molecule has 0 saturated carbocycles. The lowest BCUT2D eigenvalue weighted by Crippen LogP contribution is -2.43. The normalized spacial score (nSPS) is 14.8. The Labute approximate surface area is 185 Å². The summed E-state index contributed by atoms with van der Waals surface area (Å²) in [6.07, 6.45) is 2.14. The molecule has 1 heterocycles. The number of urea groups is 1. The molecular weight excluding hydrogens is 388 g/mol. The molecule has 1 aliphatic heterocycles. The molecule has 1 fully saturated rings. The zero-order chi connectivity index (χ0) is 22.2. The Morgan fingerprint density at radius 1 is 0.968 bits per heavy atom. The summed E-state index contributed by atoms with van der Waals surface area (Å²) in [6.45, 7) is 9.64. The third kappa shape index (κ3) is 7.10. The maximum Gasteiger partial charge on any atom is 0.315 e. The fraction of sp³-hybridized carbons (Fsp3) is 0.440. The van der Waals surface area contributed by atoms with Crippen LogP contribution in [0, 0.1) is 26.7 Å². The highest BCUT2D eigenvalue weighted by atomic mass is 16.2. The third-order valence-corrected chi connectivity index (χ3v) is 5.86. The first kappa shape index (κ1) is 22.8. The number of aryl methyl sites for hydroxylation is 3. The second kappa shape index (κ2) is 11.0. The van der Waals surface area contributed by atoms with Gasteiger partial charge in [-0.1, -0.05) is 48.0 Å². The Kier molecular flexibility index (Phi) is 8.06. The number of anilines is 1. The van der Waals surface area contributed by atoms with E-state index in [1.807, 2.05) is 39.0 Å². The highest BCUT2D eigenvalue weighted by Gasteiger charge is 2.20. The average molecular weight is 423 g/mol.